The van der Waals surface area contributed by atoms with Crippen LogP contribution in [0.15, 0.2) is 46.0 Å². The fraction of sp³-hybridized carbons (Fsp3) is 0.133. The fourth-order valence-electron chi connectivity index (χ4n) is 2.29. The maximum absolute atomic E-state index is 12.1. The standard InChI is InChI=1S/C15H13N3O3/c1-17-13-10(14(20)18(2)15(17)21)7-8-11(16-13)9-5-3-4-6-12(9)19/h3-8,19H,1-2H3. The van der Waals surface area contributed by atoms with Crippen molar-refractivity contribution in [3.63, 3.8) is 0 Å². The third kappa shape index (κ3) is 1.92. The topological polar surface area (TPSA) is 77.1 Å². The number of para-hydroxylation sites is 1. The van der Waals surface area contributed by atoms with E-state index < -0.39 is 5.69 Å². The molecule has 0 radical (unpaired) electrons. The van der Waals surface area contributed by atoms with Crippen LogP contribution in [-0.2, 0) is 14.1 Å². The molecular weight excluding hydrogens is 270 g/mol. The van der Waals surface area contributed by atoms with E-state index in [0.29, 0.717) is 22.3 Å². The molecule has 21 heavy (non-hydrogen) atoms. The monoisotopic (exact) mass is 283 g/mol. The van der Waals surface area contributed by atoms with Crippen molar-refractivity contribution in [1.82, 2.24) is 14.1 Å². The van der Waals surface area contributed by atoms with Crippen molar-refractivity contribution in [3.8, 4) is 17.0 Å². The molecule has 0 bridgehead atoms. The van der Waals surface area contributed by atoms with E-state index in [4.69, 9.17) is 0 Å². The molecule has 0 aliphatic heterocycles. The van der Waals surface area contributed by atoms with Crippen molar-refractivity contribution in [2.45, 2.75) is 0 Å². The van der Waals surface area contributed by atoms with Gasteiger partial charge in [0.2, 0.25) is 0 Å². The molecule has 6 nitrogen and oxygen atoms in total. The summed E-state index contributed by atoms with van der Waals surface area (Å²) >= 11 is 0. The second-order valence-corrected chi connectivity index (χ2v) is 4.79. The first kappa shape index (κ1) is 13.1. The number of phenols is 1. The van der Waals surface area contributed by atoms with Crippen molar-refractivity contribution >= 4 is 11.0 Å². The summed E-state index contributed by atoms with van der Waals surface area (Å²) in [5.74, 6) is 0.0955. The van der Waals surface area contributed by atoms with Crippen molar-refractivity contribution in [2.24, 2.45) is 14.1 Å². The Balaban J connectivity index is 2.39. The zero-order chi connectivity index (χ0) is 15.1. The van der Waals surface area contributed by atoms with Gasteiger partial charge in [-0.2, -0.15) is 0 Å². The van der Waals surface area contributed by atoms with Gasteiger partial charge in [-0.1, -0.05) is 12.1 Å². The number of fused-ring (bicyclic) bond motifs is 1. The molecule has 2 aromatic heterocycles. The van der Waals surface area contributed by atoms with E-state index in [9.17, 15) is 14.7 Å². The molecule has 1 aromatic carbocycles. The number of rotatable bonds is 1. The molecule has 0 saturated carbocycles. The highest BCUT2D eigenvalue weighted by Crippen LogP contribution is 2.27. The molecule has 0 amide bonds. The summed E-state index contributed by atoms with van der Waals surface area (Å²) in [6, 6.07) is 10.1. The number of aromatic hydroxyl groups is 1. The van der Waals surface area contributed by atoms with Crippen molar-refractivity contribution < 1.29 is 5.11 Å². The molecule has 0 unspecified atom stereocenters. The van der Waals surface area contributed by atoms with Crippen LogP contribution in [0.4, 0.5) is 0 Å². The van der Waals surface area contributed by atoms with Crippen LogP contribution < -0.4 is 11.2 Å². The third-order valence-corrected chi connectivity index (χ3v) is 3.48. The predicted octanol–water partition coefficient (Wildman–Crippen LogP) is 1.00. The van der Waals surface area contributed by atoms with Crippen LogP contribution in [-0.4, -0.2) is 19.2 Å². The van der Waals surface area contributed by atoms with Crippen LogP contribution in [0.5, 0.6) is 5.75 Å². The van der Waals surface area contributed by atoms with Crippen molar-refractivity contribution in [3.05, 3.63) is 57.2 Å². The third-order valence-electron chi connectivity index (χ3n) is 3.48. The summed E-state index contributed by atoms with van der Waals surface area (Å²) in [6.45, 7) is 0. The van der Waals surface area contributed by atoms with E-state index in [-0.39, 0.29) is 11.3 Å². The molecule has 106 valence electrons. The molecule has 0 saturated heterocycles. The van der Waals surface area contributed by atoms with Gasteiger partial charge in [-0.05, 0) is 24.3 Å². The van der Waals surface area contributed by atoms with Crippen LogP contribution in [0, 0.1) is 0 Å². The molecule has 0 aliphatic rings. The Morgan fingerprint density at radius 1 is 1.00 bits per heavy atom. The van der Waals surface area contributed by atoms with Crippen LogP contribution in [0.25, 0.3) is 22.3 Å². The van der Waals surface area contributed by atoms with Crippen LogP contribution in [0.2, 0.25) is 0 Å². The predicted molar refractivity (Wildman–Crippen MR) is 79.3 cm³/mol. The first-order valence-corrected chi connectivity index (χ1v) is 6.36. The van der Waals surface area contributed by atoms with Crippen LogP contribution in [0.3, 0.4) is 0 Å². The Morgan fingerprint density at radius 3 is 2.43 bits per heavy atom. The molecule has 3 rings (SSSR count). The van der Waals surface area contributed by atoms with E-state index in [1.54, 1.807) is 43.4 Å². The second kappa shape index (κ2) is 4.59. The number of nitrogens with zero attached hydrogens (tertiary/aromatic N) is 3. The quantitative estimate of drug-likeness (QED) is 0.723. The zero-order valence-corrected chi connectivity index (χ0v) is 11.6. The second-order valence-electron chi connectivity index (χ2n) is 4.79. The normalized spacial score (nSPS) is 11.0. The Kier molecular flexibility index (Phi) is 2.86. The van der Waals surface area contributed by atoms with E-state index in [1.165, 1.54) is 11.6 Å². The summed E-state index contributed by atoms with van der Waals surface area (Å²) in [6.07, 6.45) is 0. The Labute approximate surface area is 119 Å². The van der Waals surface area contributed by atoms with Crippen molar-refractivity contribution in [1.29, 1.82) is 0 Å². The lowest BCUT2D eigenvalue weighted by atomic mass is 10.1. The molecule has 0 spiro atoms. The van der Waals surface area contributed by atoms with E-state index in [2.05, 4.69) is 4.98 Å². The van der Waals surface area contributed by atoms with Gasteiger partial charge in [0.15, 0.2) is 0 Å². The summed E-state index contributed by atoms with van der Waals surface area (Å²) in [4.78, 5) is 28.4. The number of phenolic OH excluding ortho intramolecular Hbond substituents is 1. The van der Waals surface area contributed by atoms with Gasteiger partial charge in [0.1, 0.15) is 11.4 Å². The van der Waals surface area contributed by atoms with Gasteiger partial charge < -0.3 is 5.11 Å². The maximum atomic E-state index is 12.1. The van der Waals surface area contributed by atoms with Gasteiger partial charge in [-0.3, -0.25) is 13.9 Å². The van der Waals surface area contributed by atoms with Gasteiger partial charge in [-0.15, -0.1) is 0 Å². The minimum Gasteiger partial charge on any atom is -0.507 e. The van der Waals surface area contributed by atoms with Gasteiger partial charge >= 0.3 is 5.69 Å². The smallest absolute Gasteiger partial charge is 0.332 e. The van der Waals surface area contributed by atoms with Gasteiger partial charge in [0.05, 0.1) is 11.1 Å². The number of aromatic nitrogens is 3. The highest BCUT2D eigenvalue weighted by molar-refractivity contribution is 5.79. The van der Waals surface area contributed by atoms with E-state index in [0.717, 1.165) is 4.57 Å². The lowest BCUT2D eigenvalue weighted by Gasteiger charge is -2.09. The number of hydrogen-bond donors (Lipinski definition) is 1. The lowest BCUT2D eigenvalue weighted by Crippen LogP contribution is -2.37. The molecule has 0 fully saturated rings. The fourth-order valence-corrected chi connectivity index (χ4v) is 2.29. The van der Waals surface area contributed by atoms with Crippen LogP contribution in [0.1, 0.15) is 0 Å². The lowest BCUT2D eigenvalue weighted by molar-refractivity contribution is 0.477. The van der Waals surface area contributed by atoms with Crippen LogP contribution >= 0.6 is 0 Å². The molecular formula is C15H13N3O3. The number of aryl methyl sites for hydroxylation is 1. The summed E-state index contributed by atoms with van der Waals surface area (Å²) in [5.41, 5.74) is 0.527. The highest BCUT2D eigenvalue weighted by Gasteiger charge is 2.12. The van der Waals surface area contributed by atoms with E-state index >= 15 is 0 Å². The Morgan fingerprint density at radius 2 is 1.71 bits per heavy atom. The van der Waals surface area contributed by atoms with Crippen molar-refractivity contribution in [2.75, 3.05) is 0 Å². The average Bonchev–Trinajstić information content (AvgIpc) is 2.51. The summed E-state index contributed by atoms with van der Waals surface area (Å²) in [5, 5.41) is 10.2. The van der Waals surface area contributed by atoms with Gasteiger partial charge in [0, 0.05) is 19.7 Å². The summed E-state index contributed by atoms with van der Waals surface area (Å²) < 4.78 is 2.36. The average molecular weight is 283 g/mol. The maximum Gasteiger partial charge on any atom is 0.332 e. The van der Waals surface area contributed by atoms with Gasteiger partial charge in [0.25, 0.3) is 5.56 Å². The first-order chi connectivity index (χ1) is 10.0. The largest absolute Gasteiger partial charge is 0.507 e. The molecule has 2 heterocycles. The minimum absolute atomic E-state index is 0.0955. The number of pyridine rings is 1. The highest BCUT2D eigenvalue weighted by atomic mass is 16.3. The van der Waals surface area contributed by atoms with E-state index in [1.807, 2.05) is 0 Å². The SMILES string of the molecule is Cn1c(=O)c2ccc(-c3ccccc3O)nc2n(C)c1=O. The Bertz CT molecular complexity index is 970. The molecule has 6 heteroatoms. The first-order valence-electron chi connectivity index (χ1n) is 6.36. The molecule has 3 aromatic rings. The Hall–Kier alpha value is -2.89. The number of hydrogen-bond acceptors (Lipinski definition) is 4. The minimum atomic E-state index is -0.436. The zero-order valence-electron chi connectivity index (χ0n) is 11.6. The molecule has 1 N–H and O–H groups in total. The number of benzene rings is 1. The molecule has 0 aliphatic carbocycles. The molecule has 0 atom stereocenters. The van der Waals surface area contributed by atoms with Gasteiger partial charge in [-0.25, -0.2) is 9.78 Å². The summed E-state index contributed by atoms with van der Waals surface area (Å²) in [7, 11) is 2.99.